The third kappa shape index (κ3) is 2.30. The smallest absolute Gasteiger partial charge is 0.160 e. The first-order chi connectivity index (χ1) is 12.2. The predicted molar refractivity (Wildman–Crippen MR) is 89.8 cm³/mol. The molecule has 2 aromatic rings. The van der Waals surface area contributed by atoms with Gasteiger partial charge in [-0.3, -0.25) is 0 Å². The van der Waals surface area contributed by atoms with Gasteiger partial charge in [-0.1, -0.05) is 18.2 Å². The van der Waals surface area contributed by atoms with Crippen LogP contribution >= 0.6 is 0 Å². The fourth-order valence-corrected chi connectivity index (χ4v) is 4.18. The molecular formula is C20H20O5. The van der Waals surface area contributed by atoms with Gasteiger partial charge in [-0.15, -0.1) is 0 Å². The molecule has 5 heteroatoms. The molecule has 0 amide bonds. The Kier molecular flexibility index (Phi) is 3.40. The van der Waals surface area contributed by atoms with Crippen molar-refractivity contribution in [1.29, 1.82) is 0 Å². The minimum atomic E-state index is -0.0348. The summed E-state index contributed by atoms with van der Waals surface area (Å²) in [6.07, 6.45) is 0.0101. The van der Waals surface area contributed by atoms with Crippen LogP contribution in [0, 0.1) is 11.8 Å². The lowest BCUT2D eigenvalue weighted by molar-refractivity contribution is 0.0190. The van der Waals surface area contributed by atoms with Crippen LogP contribution in [-0.4, -0.2) is 25.4 Å². The fraction of sp³-hybridized carbons (Fsp3) is 0.400. The van der Waals surface area contributed by atoms with E-state index in [2.05, 4.69) is 18.2 Å². The van der Waals surface area contributed by atoms with E-state index >= 15 is 0 Å². The standard InChI is InChI=1S/C20H20O5/c1-22-18-7-12(4-5-16(18)21)20-15-10-24-19(14(15)9-25-20)11-2-3-13-8-23-17(13)6-11/h2-7,14-15,19-21H,8-10H2,1H3. The molecule has 2 saturated heterocycles. The van der Waals surface area contributed by atoms with Crippen LogP contribution in [0.2, 0.25) is 0 Å². The van der Waals surface area contributed by atoms with Gasteiger partial charge < -0.3 is 24.1 Å². The number of rotatable bonds is 3. The van der Waals surface area contributed by atoms with Gasteiger partial charge >= 0.3 is 0 Å². The molecule has 4 unspecified atom stereocenters. The second-order valence-electron chi connectivity index (χ2n) is 6.92. The number of fused-ring (bicyclic) bond motifs is 2. The monoisotopic (exact) mass is 340 g/mol. The maximum atomic E-state index is 9.81. The van der Waals surface area contributed by atoms with Gasteiger partial charge in [-0.25, -0.2) is 0 Å². The van der Waals surface area contributed by atoms with E-state index < -0.39 is 0 Å². The SMILES string of the molecule is COc1cc(C2OCC3C(c4ccc5c(c4)OC5)OCC23)ccc1O. The first kappa shape index (κ1) is 15.0. The van der Waals surface area contributed by atoms with E-state index in [0.717, 1.165) is 11.3 Å². The first-order valence-corrected chi connectivity index (χ1v) is 8.60. The van der Waals surface area contributed by atoms with Crippen LogP contribution in [0.15, 0.2) is 36.4 Å². The topological polar surface area (TPSA) is 57.2 Å². The summed E-state index contributed by atoms with van der Waals surface area (Å²) in [6, 6.07) is 11.8. The summed E-state index contributed by atoms with van der Waals surface area (Å²) in [5.41, 5.74) is 3.44. The van der Waals surface area contributed by atoms with Crippen LogP contribution in [-0.2, 0) is 16.1 Å². The zero-order chi connectivity index (χ0) is 17.0. The lowest BCUT2D eigenvalue weighted by Crippen LogP contribution is -2.16. The van der Waals surface area contributed by atoms with Crippen molar-refractivity contribution in [3.8, 4) is 17.2 Å². The van der Waals surface area contributed by atoms with E-state index in [0.29, 0.717) is 37.4 Å². The Bertz CT molecular complexity index is 818. The van der Waals surface area contributed by atoms with E-state index in [9.17, 15) is 5.11 Å². The number of phenols is 1. The van der Waals surface area contributed by atoms with E-state index in [1.165, 1.54) is 11.1 Å². The number of benzene rings is 2. The van der Waals surface area contributed by atoms with Crippen LogP contribution in [0.3, 0.4) is 0 Å². The molecule has 5 rings (SSSR count). The number of phenolic OH excluding ortho intramolecular Hbond substituents is 1. The largest absolute Gasteiger partial charge is 0.504 e. The molecule has 2 aromatic carbocycles. The predicted octanol–water partition coefficient (Wildman–Crippen LogP) is 3.37. The number of methoxy groups -OCH3 is 1. The average molecular weight is 340 g/mol. The highest BCUT2D eigenvalue weighted by Crippen LogP contribution is 2.51. The summed E-state index contributed by atoms with van der Waals surface area (Å²) in [6.45, 7) is 2.04. The molecule has 0 saturated carbocycles. The number of ether oxygens (including phenoxy) is 4. The van der Waals surface area contributed by atoms with E-state index in [-0.39, 0.29) is 18.0 Å². The molecule has 0 bridgehead atoms. The van der Waals surface area contributed by atoms with Crippen molar-refractivity contribution in [3.05, 3.63) is 53.1 Å². The van der Waals surface area contributed by atoms with Crippen molar-refractivity contribution in [3.63, 3.8) is 0 Å². The van der Waals surface area contributed by atoms with Crippen molar-refractivity contribution < 1.29 is 24.1 Å². The average Bonchev–Trinajstić information content (AvgIpc) is 3.19. The van der Waals surface area contributed by atoms with Gasteiger partial charge in [0.2, 0.25) is 0 Å². The Morgan fingerprint density at radius 2 is 1.64 bits per heavy atom. The lowest BCUT2D eigenvalue weighted by atomic mass is 9.84. The Labute approximate surface area is 146 Å². The van der Waals surface area contributed by atoms with Gasteiger partial charge in [0.1, 0.15) is 12.4 Å². The van der Waals surface area contributed by atoms with E-state index in [4.69, 9.17) is 18.9 Å². The Balaban J connectivity index is 1.40. The molecule has 2 fully saturated rings. The van der Waals surface area contributed by atoms with Gasteiger partial charge in [-0.2, -0.15) is 0 Å². The molecule has 0 radical (unpaired) electrons. The van der Waals surface area contributed by atoms with E-state index in [1.807, 2.05) is 12.1 Å². The highest BCUT2D eigenvalue weighted by molar-refractivity contribution is 5.44. The molecule has 0 spiro atoms. The molecule has 3 aliphatic heterocycles. The van der Waals surface area contributed by atoms with Gasteiger partial charge in [0.15, 0.2) is 11.5 Å². The zero-order valence-corrected chi connectivity index (χ0v) is 14.0. The second kappa shape index (κ2) is 5.64. The molecule has 0 aliphatic carbocycles. The van der Waals surface area contributed by atoms with Crippen LogP contribution in [0.4, 0.5) is 0 Å². The van der Waals surface area contributed by atoms with Crippen LogP contribution in [0.1, 0.15) is 28.9 Å². The third-order valence-corrected chi connectivity index (χ3v) is 5.60. The molecule has 3 aliphatic rings. The van der Waals surface area contributed by atoms with Crippen molar-refractivity contribution >= 4 is 0 Å². The summed E-state index contributed by atoms with van der Waals surface area (Å²) in [5, 5.41) is 9.81. The van der Waals surface area contributed by atoms with Crippen molar-refractivity contribution in [1.82, 2.24) is 0 Å². The summed E-state index contributed by atoms with van der Waals surface area (Å²) in [7, 11) is 1.55. The molecule has 0 aromatic heterocycles. The van der Waals surface area contributed by atoms with Gasteiger partial charge in [-0.05, 0) is 29.3 Å². The minimum absolute atomic E-state index is 0.0348. The van der Waals surface area contributed by atoms with E-state index in [1.54, 1.807) is 13.2 Å². The van der Waals surface area contributed by atoms with Gasteiger partial charge in [0, 0.05) is 17.4 Å². The Morgan fingerprint density at radius 1 is 0.960 bits per heavy atom. The quantitative estimate of drug-likeness (QED) is 0.928. The highest BCUT2D eigenvalue weighted by atomic mass is 16.5. The number of hydrogen-bond acceptors (Lipinski definition) is 5. The first-order valence-electron chi connectivity index (χ1n) is 8.60. The summed E-state index contributed by atoms with van der Waals surface area (Å²) < 4.78 is 23.0. The Hall–Kier alpha value is -2.24. The third-order valence-electron chi connectivity index (χ3n) is 5.60. The van der Waals surface area contributed by atoms with Gasteiger partial charge in [0.25, 0.3) is 0 Å². The van der Waals surface area contributed by atoms with Crippen LogP contribution < -0.4 is 9.47 Å². The van der Waals surface area contributed by atoms with Crippen LogP contribution in [0.25, 0.3) is 0 Å². The Morgan fingerprint density at radius 3 is 2.24 bits per heavy atom. The molecular weight excluding hydrogens is 320 g/mol. The van der Waals surface area contributed by atoms with Crippen molar-refractivity contribution in [2.75, 3.05) is 20.3 Å². The second-order valence-corrected chi connectivity index (χ2v) is 6.92. The minimum Gasteiger partial charge on any atom is -0.504 e. The summed E-state index contributed by atoms with van der Waals surface area (Å²) in [5.74, 6) is 2.21. The number of aromatic hydroxyl groups is 1. The number of hydrogen-bond donors (Lipinski definition) is 1. The van der Waals surface area contributed by atoms with Crippen molar-refractivity contribution in [2.45, 2.75) is 18.8 Å². The molecule has 4 atom stereocenters. The fourth-order valence-electron chi connectivity index (χ4n) is 4.18. The van der Waals surface area contributed by atoms with Gasteiger partial charge in [0.05, 0.1) is 32.5 Å². The zero-order valence-electron chi connectivity index (χ0n) is 14.0. The van der Waals surface area contributed by atoms with Crippen LogP contribution in [0.5, 0.6) is 17.2 Å². The maximum absolute atomic E-state index is 9.81. The molecule has 3 heterocycles. The molecule has 130 valence electrons. The summed E-state index contributed by atoms with van der Waals surface area (Å²) >= 11 is 0. The van der Waals surface area contributed by atoms with Crippen molar-refractivity contribution in [2.24, 2.45) is 11.8 Å². The molecule has 25 heavy (non-hydrogen) atoms. The normalized spacial score (nSPS) is 29.5. The summed E-state index contributed by atoms with van der Waals surface area (Å²) in [4.78, 5) is 0. The maximum Gasteiger partial charge on any atom is 0.160 e. The molecule has 1 N–H and O–H groups in total. The highest BCUT2D eigenvalue weighted by Gasteiger charge is 2.48. The lowest BCUT2D eigenvalue weighted by Gasteiger charge is -2.23. The molecule has 5 nitrogen and oxygen atoms in total.